The smallest absolute Gasteiger partial charge is 0.262 e. The molecule has 3 rings (SSSR count). The van der Waals surface area contributed by atoms with Crippen LogP contribution in [0.15, 0.2) is 40.9 Å². The third-order valence-corrected chi connectivity index (χ3v) is 3.87. The zero-order valence-electron chi connectivity index (χ0n) is 12.8. The van der Waals surface area contributed by atoms with Crippen LogP contribution in [-0.2, 0) is 11.4 Å². The zero-order chi connectivity index (χ0) is 16.9. The van der Waals surface area contributed by atoms with Gasteiger partial charge >= 0.3 is 0 Å². The van der Waals surface area contributed by atoms with Crippen LogP contribution in [0.1, 0.15) is 5.56 Å². The summed E-state index contributed by atoms with van der Waals surface area (Å²) in [4.78, 5) is 12.0. The molecule has 1 amide bonds. The van der Waals surface area contributed by atoms with Crippen molar-refractivity contribution < 1.29 is 24.1 Å². The molecule has 1 aliphatic heterocycles. The van der Waals surface area contributed by atoms with E-state index < -0.39 is 0 Å². The minimum Gasteiger partial charge on any atom is -0.486 e. The lowest BCUT2D eigenvalue weighted by Crippen LogP contribution is -2.21. The van der Waals surface area contributed by atoms with Crippen LogP contribution in [0.2, 0.25) is 0 Å². The maximum atomic E-state index is 12.0. The fraction of sp³-hybridized carbons (Fsp3) is 0.235. The molecule has 6 nitrogen and oxygen atoms in total. The van der Waals surface area contributed by atoms with Crippen LogP contribution in [0.4, 0.5) is 5.69 Å². The van der Waals surface area contributed by atoms with E-state index in [1.54, 1.807) is 36.4 Å². The fourth-order valence-electron chi connectivity index (χ4n) is 2.27. The quantitative estimate of drug-likeness (QED) is 0.816. The van der Waals surface area contributed by atoms with Gasteiger partial charge in [-0.3, -0.25) is 4.79 Å². The Morgan fingerprint density at radius 2 is 1.96 bits per heavy atom. The average molecular weight is 394 g/mol. The van der Waals surface area contributed by atoms with Crippen LogP contribution >= 0.6 is 15.9 Å². The first-order chi connectivity index (χ1) is 11.7. The highest BCUT2D eigenvalue weighted by Crippen LogP contribution is 2.32. The molecule has 0 saturated heterocycles. The van der Waals surface area contributed by atoms with Crippen molar-refractivity contribution in [3.63, 3.8) is 0 Å². The Balaban J connectivity index is 1.60. The number of benzene rings is 2. The molecule has 24 heavy (non-hydrogen) atoms. The molecule has 2 N–H and O–H groups in total. The third-order valence-electron chi connectivity index (χ3n) is 3.38. The average Bonchev–Trinajstić information content (AvgIpc) is 2.60. The topological polar surface area (TPSA) is 77.0 Å². The molecule has 0 saturated carbocycles. The fourth-order valence-corrected chi connectivity index (χ4v) is 2.68. The molecule has 1 aliphatic rings. The van der Waals surface area contributed by atoms with Crippen molar-refractivity contribution in [2.24, 2.45) is 0 Å². The minimum atomic E-state index is -0.307. The molecule has 0 radical (unpaired) electrons. The standard InChI is InChI=1S/C17H16BrNO5/c18-12-1-3-14(11(7-12)9-20)24-10-17(21)19-13-2-4-15-16(8-13)23-6-5-22-15/h1-4,7-8,20H,5-6,9-10H2,(H,19,21). The van der Waals surface area contributed by atoms with Gasteiger partial charge in [0.2, 0.25) is 0 Å². The second-order valence-corrected chi connectivity index (χ2v) is 6.02. The molecule has 2 aromatic rings. The van der Waals surface area contributed by atoms with Gasteiger partial charge in [0.25, 0.3) is 5.91 Å². The Labute approximate surface area is 147 Å². The van der Waals surface area contributed by atoms with E-state index in [0.29, 0.717) is 41.7 Å². The van der Waals surface area contributed by atoms with E-state index in [2.05, 4.69) is 21.2 Å². The van der Waals surface area contributed by atoms with Crippen LogP contribution in [-0.4, -0.2) is 30.8 Å². The zero-order valence-corrected chi connectivity index (χ0v) is 14.3. The van der Waals surface area contributed by atoms with Crippen molar-refractivity contribution in [3.05, 3.63) is 46.4 Å². The third kappa shape index (κ3) is 3.98. The molecule has 2 aromatic carbocycles. The summed E-state index contributed by atoms with van der Waals surface area (Å²) in [5, 5.41) is 12.1. The molecule has 0 aromatic heterocycles. The second-order valence-electron chi connectivity index (χ2n) is 5.11. The van der Waals surface area contributed by atoms with E-state index in [1.807, 2.05) is 0 Å². The van der Waals surface area contributed by atoms with Gasteiger partial charge in [0, 0.05) is 21.8 Å². The van der Waals surface area contributed by atoms with E-state index in [9.17, 15) is 9.90 Å². The number of halogens is 1. The van der Waals surface area contributed by atoms with Gasteiger partial charge in [0.15, 0.2) is 18.1 Å². The first-order valence-electron chi connectivity index (χ1n) is 7.37. The number of amides is 1. The van der Waals surface area contributed by atoms with Crippen LogP contribution in [0.3, 0.4) is 0 Å². The Kier molecular flexibility index (Phi) is 5.22. The highest BCUT2D eigenvalue weighted by atomic mass is 79.9. The number of carbonyl (C=O) groups is 1. The van der Waals surface area contributed by atoms with E-state index in [0.717, 1.165) is 4.47 Å². The summed E-state index contributed by atoms with van der Waals surface area (Å²) in [6.45, 7) is 0.676. The summed E-state index contributed by atoms with van der Waals surface area (Å²) < 4.78 is 17.2. The summed E-state index contributed by atoms with van der Waals surface area (Å²) >= 11 is 3.32. The molecule has 0 bridgehead atoms. The van der Waals surface area contributed by atoms with Crippen molar-refractivity contribution in [1.82, 2.24) is 0 Å². The van der Waals surface area contributed by atoms with Gasteiger partial charge in [-0.2, -0.15) is 0 Å². The van der Waals surface area contributed by atoms with Gasteiger partial charge in [-0.1, -0.05) is 15.9 Å². The Morgan fingerprint density at radius 1 is 1.17 bits per heavy atom. The number of ether oxygens (including phenoxy) is 3. The van der Waals surface area contributed by atoms with Gasteiger partial charge in [0.05, 0.1) is 6.61 Å². The summed E-state index contributed by atoms with van der Waals surface area (Å²) in [6.07, 6.45) is 0. The largest absolute Gasteiger partial charge is 0.486 e. The van der Waals surface area contributed by atoms with Crippen molar-refractivity contribution in [3.8, 4) is 17.2 Å². The van der Waals surface area contributed by atoms with Crippen LogP contribution in [0.5, 0.6) is 17.2 Å². The number of anilines is 1. The Morgan fingerprint density at radius 3 is 2.75 bits per heavy atom. The monoisotopic (exact) mass is 393 g/mol. The maximum absolute atomic E-state index is 12.0. The van der Waals surface area contributed by atoms with Gasteiger partial charge in [-0.05, 0) is 30.3 Å². The molecule has 0 atom stereocenters. The van der Waals surface area contributed by atoms with Crippen molar-refractivity contribution in [2.45, 2.75) is 6.61 Å². The molecular weight excluding hydrogens is 378 g/mol. The Bertz CT molecular complexity index is 750. The summed E-state index contributed by atoms with van der Waals surface area (Å²) in [5.74, 6) is 1.44. The lowest BCUT2D eigenvalue weighted by atomic mass is 10.2. The molecule has 1 heterocycles. The predicted octanol–water partition coefficient (Wildman–Crippen LogP) is 2.73. The number of fused-ring (bicyclic) bond motifs is 1. The summed E-state index contributed by atoms with van der Waals surface area (Å²) in [6, 6.07) is 10.4. The molecule has 126 valence electrons. The SMILES string of the molecule is O=C(COc1ccc(Br)cc1CO)Nc1ccc2c(c1)OCCO2. The molecule has 0 fully saturated rings. The number of hydrogen-bond acceptors (Lipinski definition) is 5. The highest BCUT2D eigenvalue weighted by molar-refractivity contribution is 9.10. The summed E-state index contributed by atoms with van der Waals surface area (Å²) in [5.41, 5.74) is 1.21. The molecule has 0 spiro atoms. The van der Waals surface area contributed by atoms with Crippen LogP contribution < -0.4 is 19.5 Å². The van der Waals surface area contributed by atoms with Crippen molar-refractivity contribution in [1.29, 1.82) is 0 Å². The van der Waals surface area contributed by atoms with E-state index >= 15 is 0 Å². The summed E-state index contributed by atoms with van der Waals surface area (Å²) in [7, 11) is 0. The Hall–Kier alpha value is -2.25. The van der Waals surface area contributed by atoms with E-state index in [-0.39, 0.29) is 19.1 Å². The van der Waals surface area contributed by atoms with Gasteiger partial charge in [-0.25, -0.2) is 0 Å². The van der Waals surface area contributed by atoms with Crippen molar-refractivity contribution >= 4 is 27.5 Å². The highest BCUT2D eigenvalue weighted by Gasteiger charge is 2.13. The number of nitrogens with one attached hydrogen (secondary N) is 1. The number of hydrogen-bond donors (Lipinski definition) is 2. The number of aliphatic hydroxyl groups excluding tert-OH is 1. The number of carbonyl (C=O) groups excluding carboxylic acids is 1. The molecule has 7 heteroatoms. The van der Waals surface area contributed by atoms with Gasteiger partial charge < -0.3 is 24.6 Å². The maximum Gasteiger partial charge on any atom is 0.262 e. The normalized spacial score (nSPS) is 12.6. The van der Waals surface area contributed by atoms with Crippen LogP contribution in [0.25, 0.3) is 0 Å². The first kappa shape index (κ1) is 16.6. The number of aliphatic hydroxyl groups is 1. The molecule has 0 aliphatic carbocycles. The first-order valence-corrected chi connectivity index (χ1v) is 8.16. The van der Waals surface area contributed by atoms with Gasteiger partial charge in [0.1, 0.15) is 19.0 Å². The minimum absolute atomic E-state index is 0.164. The second kappa shape index (κ2) is 7.55. The van der Waals surface area contributed by atoms with Gasteiger partial charge in [-0.15, -0.1) is 0 Å². The van der Waals surface area contributed by atoms with Crippen LogP contribution in [0, 0.1) is 0 Å². The predicted molar refractivity (Wildman–Crippen MR) is 91.6 cm³/mol. The lowest BCUT2D eigenvalue weighted by molar-refractivity contribution is -0.118. The lowest BCUT2D eigenvalue weighted by Gasteiger charge is -2.19. The van der Waals surface area contributed by atoms with E-state index in [1.165, 1.54) is 0 Å². The molecule has 0 unspecified atom stereocenters. The molecular formula is C17H16BrNO5. The van der Waals surface area contributed by atoms with E-state index in [4.69, 9.17) is 14.2 Å². The van der Waals surface area contributed by atoms with Crippen molar-refractivity contribution in [2.75, 3.05) is 25.1 Å². The number of rotatable bonds is 5.